The molecule has 11 heteroatoms. The molecule has 11 nitrogen and oxygen atoms in total. The first-order chi connectivity index (χ1) is 17.7. The zero-order valence-corrected chi connectivity index (χ0v) is 23.5. The van der Waals surface area contributed by atoms with Gasteiger partial charge in [0.1, 0.15) is 17.7 Å². The van der Waals surface area contributed by atoms with E-state index in [2.05, 4.69) is 10.6 Å². The molecule has 0 radical (unpaired) electrons. The summed E-state index contributed by atoms with van der Waals surface area (Å²) in [6.45, 7) is 12.6. The number of nitrogens with zero attached hydrogens (tertiary/aromatic N) is 1. The van der Waals surface area contributed by atoms with Crippen LogP contribution in [0, 0.1) is 13.8 Å². The van der Waals surface area contributed by atoms with Crippen molar-refractivity contribution in [1.82, 2.24) is 15.5 Å². The molecule has 1 rings (SSSR count). The fraction of sp³-hybridized carbons (Fsp3) is 0.593. The van der Waals surface area contributed by atoms with Gasteiger partial charge in [0.15, 0.2) is 0 Å². The van der Waals surface area contributed by atoms with Gasteiger partial charge in [0.2, 0.25) is 17.7 Å². The maximum absolute atomic E-state index is 13.8. The molecule has 2 atom stereocenters. The maximum atomic E-state index is 13.8. The van der Waals surface area contributed by atoms with E-state index >= 15 is 0 Å². The lowest BCUT2D eigenvalue weighted by atomic mass is 9.98. The number of hydrogen-bond donors (Lipinski definition) is 3. The van der Waals surface area contributed by atoms with Gasteiger partial charge in [-0.2, -0.15) is 0 Å². The average Bonchev–Trinajstić information content (AvgIpc) is 2.80. The Morgan fingerprint density at radius 3 is 2.21 bits per heavy atom. The SMILES string of the molecule is CCOC(=O)CCNC(=O)C(c1ccc(C)c(C)c1)N(CC)C(=O)C(CCC(N)=O)NC(=O)OC(C)(C)C. The molecule has 0 fully saturated rings. The van der Waals surface area contributed by atoms with E-state index < -0.39 is 47.5 Å². The maximum Gasteiger partial charge on any atom is 0.408 e. The lowest BCUT2D eigenvalue weighted by Crippen LogP contribution is -2.53. The molecule has 0 aliphatic rings. The van der Waals surface area contributed by atoms with E-state index in [1.54, 1.807) is 40.7 Å². The number of primary amides is 1. The molecule has 38 heavy (non-hydrogen) atoms. The molecule has 0 saturated carbocycles. The molecule has 0 spiro atoms. The Bertz CT molecular complexity index is 1000. The number of alkyl carbamates (subject to hydrolysis) is 1. The minimum Gasteiger partial charge on any atom is -0.466 e. The average molecular weight is 535 g/mol. The van der Waals surface area contributed by atoms with Crippen LogP contribution in [0.4, 0.5) is 4.79 Å². The lowest BCUT2D eigenvalue weighted by Gasteiger charge is -2.34. The predicted molar refractivity (Wildman–Crippen MR) is 142 cm³/mol. The Morgan fingerprint density at radius 1 is 1.03 bits per heavy atom. The first kappa shape index (κ1) is 32.4. The Labute approximate surface area is 224 Å². The summed E-state index contributed by atoms with van der Waals surface area (Å²) in [5, 5.41) is 5.24. The van der Waals surface area contributed by atoms with E-state index in [0.29, 0.717) is 5.56 Å². The van der Waals surface area contributed by atoms with Gasteiger partial charge in [0.05, 0.1) is 13.0 Å². The second-order valence-electron chi connectivity index (χ2n) is 9.92. The number of likely N-dealkylation sites (N-methyl/N-ethyl adjacent to an activating group) is 1. The predicted octanol–water partition coefficient (Wildman–Crippen LogP) is 2.42. The van der Waals surface area contributed by atoms with Crippen LogP contribution in [0.2, 0.25) is 0 Å². The van der Waals surface area contributed by atoms with Crippen molar-refractivity contribution in [3.05, 3.63) is 34.9 Å². The van der Waals surface area contributed by atoms with Crippen LogP contribution in [0.1, 0.15) is 76.6 Å². The minimum absolute atomic E-state index is 0.0199. The van der Waals surface area contributed by atoms with E-state index in [-0.39, 0.29) is 39.0 Å². The number of carbonyl (C=O) groups excluding carboxylic acids is 5. The van der Waals surface area contributed by atoms with Crippen molar-refractivity contribution in [1.29, 1.82) is 0 Å². The van der Waals surface area contributed by atoms with Crippen molar-refractivity contribution in [2.75, 3.05) is 19.7 Å². The van der Waals surface area contributed by atoms with Crippen molar-refractivity contribution in [3.63, 3.8) is 0 Å². The van der Waals surface area contributed by atoms with Crippen LogP contribution < -0.4 is 16.4 Å². The van der Waals surface area contributed by atoms with E-state index in [1.165, 1.54) is 4.90 Å². The highest BCUT2D eigenvalue weighted by Crippen LogP contribution is 2.25. The van der Waals surface area contributed by atoms with E-state index in [4.69, 9.17) is 15.2 Å². The fourth-order valence-electron chi connectivity index (χ4n) is 3.68. The number of rotatable bonds is 13. The summed E-state index contributed by atoms with van der Waals surface area (Å²) in [5.74, 6) is -2.17. The van der Waals surface area contributed by atoms with E-state index in [9.17, 15) is 24.0 Å². The first-order valence-electron chi connectivity index (χ1n) is 12.8. The topological polar surface area (TPSA) is 157 Å². The molecule has 0 bridgehead atoms. The molecule has 4 N–H and O–H groups in total. The van der Waals surface area contributed by atoms with Crippen LogP contribution >= 0.6 is 0 Å². The van der Waals surface area contributed by atoms with Crippen LogP contribution in [0.15, 0.2) is 18.2 Å². The zero-order chi connectivity index (χ0) is 29.0. The molecule has 0 saturated heterocycles. The van der Waals surface area contributed by atoms with Crippen molar-refractivity contribution < 1.29 is 33.4 Å². The van der Waals surface area contributed by atoms with Crippen molar-refractivity contribution in [2.24, 2.45) is 5.73 Å². The largest absolute Gasteiger partial charge is 0.466 e. The van der Waals surface area contributed by atoms with Crippen molar-refractivity contribution >= 4 is 29.8 Å². The number of amides is 4. The molecule has 0 aromatic heterocycles. The third-order valence-corrected chi connectivity index (χ3v) is 5.63. The zero-order valence-electron chi connectivity index (χ0n) is 23.5. The normalized spacial score (nSPS) is 12.6. The number of hydrogen-bond acceptors (Lipinski definition) is 7. The molecule has 4 amide bonds. The van der Waals surface area contributed by atoms with Crippen LogP contribution in [-0.2, 0) is 28.7 Å². The lowest BCUT2D eigenvalue weighted by molar-refractivity contribution is -0.144. The first-order valence-corrected chi connectivity index (χ1v) is 12.8. The third kappa shape index (κ3) is 10.8. The van der Waals surface area contributed by atoms with Crippen LogP contribution in [0.3, 0.4) is 0 Å². The van der Waals surface area contributed by atoms with Crippen LogP contribution in [0.5, 0.6) is 0 Å². The van der Waals surface area contributed by atoms with Gasteiger partial charge in [0.25, 0.3) is 0 Å². The summed E-state index contributed by atoms with van der Waals surface area (Å²) >= 11 is 0. The third-order valence-electron chi connectivity index (χ3n) is 5.63. The number of aryl methyl sites for hydroxylation is 2. The molecular weight excluding hydrogens is 492 g/mol. The summed E-state index contributed by atoms with van der Waals surface area (Å²) in [4.78, 5) is 64.3. The summed E-state index contributed by atoms with van der Waals surface area (Å²) in [7, 11) is 0. The summed E-state index contributed by atoms with van der Waals surface area (Å²) in [6.07, 6.45) is -1.10. The van der Waals surface area contributed by atoms with Gasteiger partial charge in [0, 0.05) is 19.5 Å². The van der Waals surface area contributed by atoms with Gasteiger partial charge in [-0.3, -0.25) is 19.2 Å². The van der Waals surface area contributed by atoms with Gasteiger partial charge < -0.3 is 30.7 Å². The highest BCUT2D eigenvalue weighted by atomic mass is 16.6. The number of ether oxygens (including phenoxy) is 2. The monoisotopic (exact) mass is 534 g/mol. The van der Waals surface area contributed by atoms with Gasteiger partial charge in [-0.25, -0.2) is 4.79 Å². The molecule has 2 unspecified atom stereocenters. The van der Waals surface area contributed by atoms with Gasteiger partial charge in [-0.1, -0.05) is 18.2 Å². The van der Waals surface area contributed by atoms with Crippen molar-refractivity contribution in [3.8, 4) is 0 Å². The molecule has 212 valence electrons. The Morgan fingerprint density at radius 2 is 1.68 bits per heavy atom. The quantitative estimate of drug-likeness (QED) is 0.328. The summed E-state index contributed by atoms with van der Waals surface area (Å²) in [5.41, 5.74) is 6.98. The Balaban J connectivity index is 3.35. The van der Waals surface area contributed by atoms with Gasteiger partial charge in [-0.15, -0.1) is 0 Å². The van der Waals surface area contributed by atoms with Crippen LogP contribution in [-0.4, -0.2) is 66.0 Å². The van der Waals surface area contributed by atoms with Crippen molar-refractivity contribution in [2.45, 2.75) is 85.4 Å². The highest BCUT2D eigenvalue weighted by Gasteiger charge is 2.35. The standard InChI is InChI=1S/C27H42N4O7/c1-8-31(25(35)20(12-13-21(28)32)30-26(36)38-27(5,6)7)23(19-11-10-17(3)18(4)16-19)24(34)29-15-14-22(33)37-9-2/h10-11,16,20,23H,8-9,12-15H2,1-7H3,(H2,28,32)(H,29,34)(H,30,36). The molecule has 0 aliphatic carbocycles. The number of nitrogens with one attached hydrogen (secondary N) is 2. The fourth-order valence-corrected chi connectivity index (χ4v) is 3.68. The molecule has 0 heterocycles. The second-order valence-corrected chi connectivity index (χ2v) is 9.92. The Kier molecular flexibility index (Phi) is 12.7. The minimum atomic E-state index is -1.17. The summed E-state index contributed by atoms with van der Waals surface area (Å²) < 4.78 is 10.2. The Hall–Kier alpha value is -3.63. The van der Waals surface area contributed by atoms with E-state index in [0.717, 1.165) is 11.1 Å². The second kappa shape index (κ2) is 14.9. The smallest absolute Gasteiger partial charge is 0.408 e. The number of benzene rings is 1. The van der Waals surface area contributed by atoms with Crippen LogP contribution in [0.25, 0.3) is 0 Å². The molecular formula is C27H42N4O7. The molecule has 1 aromatic carbocycles. The van der Waals surface area contributed by atoms with Gasteiger partial charge >= 0.3 is 12.1 Å². The van der Waals surface area contributed by atoms with Gasteiger partial charge in [-0.05, 0) is 71.6 Å². The summed E-state index contributed by atoms with van der Waals surface area (Å²) in [6, 6.07) is 3.20. The van der Waals surface area contributed by atoms with E-state index in [1.807, 2.05) is 26.0 Å². The highest BCUT2D eigenvalue weighted by molar-refractivity contribution is 5.92. The number of nitrogens with two attached hydrogens (primary N) is 1. The number of carbonyl (C=O) groups is 5. The molecule has 0 aliphatic heterocycles. The molecule has 1 aromatic rings. The number of esters is 1.